The van der Waals surface area contributed by atoms with Gasteiger partial charge in [-0.15, -0.1) is 0 Å². The van der Waals surface area contributed by atoms with Gasteiger partial charge in [-0.05, 0) is 0 Å². The normalized spacial score (nSPS) is 23.4. The zero-order valence-electron chi connectivity index (χ0n) is 7.91. The van der Waals surface area contributed by atoms with Crippen molar-refractivity contribution in [1.29, 1.82) is 0 Å². The molecule has 0 bridgehead atoms. The Morgan fingerprint density at radius 2 is 1.45 bits per heavy atom. The third-order valence-corrected chi connectivity index (χ3v) is 5.90. The van der Waals surface area contributed by atoms with Crippen LogP contribution >= 0.6 is 0 Å². The van der Waals surface area contributed by atoms with Crippen LogP contribution in [0.2, 0.25) is 0 Å². The molecule has 1 aliphatic carbocycles. The van der Waals surface area contributed by atoms with Crippen molar-refractivity contribution in [1.82, 2.24) is 0 Å². The molecular weight excluding hydrogens is 304 g/mol. The molecule has 0 radical (unpaired) electrons. The summed E-state index contributed by atoms with van der Waals surface area (Å²) in [6.45, 7) is 11.4. The van der Waals surface area contributed by atoms with Crippen molar-refractivity contribution in [2.45, 2.75) is 34.6 Å². The standard InChI is InChI=1S/C10H15.W/c1-7-6-10(4,5)9(3)8(7)2;/h1-5H3;. The Balaban J connectivity index is 3.27. The van der Waals surface area contributed by atoms with Crippen LogP contribution in [0, 0.1) is 5.41 Å². The van der Waals surface area contributed by atoms with E-state index < -0.39 is 0 Å². The molecule has 11 heavy (non-hydrogen) atoms. The van der Waals surface area contributed by atoms with Crippen molar-refractivity contribution >= 4 is 0 Å². The molecule has 1 heteroatoms. The maximum absolute atomic E-state index is 2.32. The molecule has 0 saturated carbocycles. The topological polar surface area (TPSA) is 0 Å². The van der Waals surface area contributed by atoms with Crippen LogP contribution in [-0.2, 0) is 19.8 Å². The van der Waals surface area contributed by atoms with Crippen molar-refractivity contribution in [3.8, 4) is 0 Å². The number of allylic oxidation sites excluding steroid dienone is 4. The van der Waals surface area contributed by atoms with Gasteiger partial charge in [-0.2, -0.15) is 0 Å². The van der Waals surface area contributed by atoms with Crippen molar-refractivity contribution in [2.75, 3.05) is 0 Å². The summed E-state index contributed by atoms with van der Waals surface area (Å²) in [6, 6.07) is 0. The summed E-state index contributed by atoms with van der Waals surface area (Å²) in [4.78, 5) is 0. The Morgan fingerprint density at radius 1 is 1.00 bits per heavy atom. The summed E-state index contributed by atoms with van der Waals surface area (Å²) < 4.78 is 1.62. The Hall–Kier alpha value is 0.168. The van der Waals surface area contributed by atoms with E-state index in [1.54, 1.807) is 29.3 Å². The molecule has 1 rings (SSSR count). The second-order valence-electron chi connectivity index (χ2n) is 3.83. The minimum absolute atomic E-state index is 0.351. The average molecular weight is 319 g/mol. The molecule has 61 valence electrons. The third-order valence-electron chi connectivity index (χ3n) is 2.97. The van der Waals surface area contributed by atoms with E-state index in [0.29, 0.717) is 5.41 Å². The van der Waals surface area contributed by atoms with Gasteiger partial charge < -0.3 is 0 Å². The second-order valence-corrected chi connectivity index (χ2v) is 5.30. The van der Waals surface area contributed by atoms with Gasteiger partial charge in [0.1, 0.15) is 0 Å². The molecule has 0 aromatic carbocycles. The predicted molar refractivity (Wildman–Crippen MR) is 44.9 cm³/mol. The molecule has 0 N–H and O–H groups in total. The molecule has 0 aromatic heterocycles. The van der Waals surface area contributed by atoms with Crippen LogP contribution in [0.15, 0.2) is 20.7 Å². The quantitative estimate of drug-likeness (QED) is 0.643. The first kappa shape index (κ1) is 9.26. The van der Waals surface area contributed by atoms with Crippen molar-refractivity contribution < 1.29 is 19.8 Å². The van der Waals surface area contributed by atoms with E-state index >= 15 is 0 Å². The van der Waals surface area contributed by atoms with Crippen LogP contribution in [-0.4, -0.2) is 0 Å². The van der Waals surface area contributed by atoms with Gasteiger partial charge in [-0.1, -0.05) is 0 Å². The van der Waals surface area contributed by atoms with Crippen LogP contribution in [0.25, 0.3) is 0 Å². The number of rotatable bonds is 0. The molecule has 1 aliphatic rings. The van der Waals surface area contributed by atoms with Gasteiger partial charge in [0, 0.05) is 0 Å². The summed E-state index contributed by atoms with van der Waals surface area (Å²) in [6.07, 6.45) is 0. The van der Waals surface area contributed by atoms with E-state index in [-0.39, 0.29) is 0 Å². The molecule has 0 spiro atoms. The second kappa shape index (κ2) is 2.59. The van der Waals surface area contributed by atoms with Crippen LogP contribution in [0.1, 0.15) is 34.6 Å². The molecular formula is C10H15W. The van der Waals surface area contributed by atoms with Gasteiger partial charge >= 0.3 is 80.5 Å². The Bertz CT molecular complexity index is 228. The first-order valence-electron chi connectivity index (χ1n) is 3.95. The Morgan fingerprint density at radius 3 is 1.55 bits per heavy atom. The third kappa shape index (κ3) is 1.16. The maximum atomic E-state index is 2.32. The summed E-state index contributed by atoms with van der Waals surface area (Å²) in [5.41, 5.74) is 4.95. The first-order chi connectivity index (χ1) is 4.89. The first-order valence-corrected chi connectivity index (χ1v) is 5.42. The Kier molecular flexibility index (Phi) is 2.18. The fourth-order valence-corrected chi connectivity index (χ4v) is 2.66. The van der Waals surface area contributed by atoms with Gasteiger partial charge in [0.2, 0.25) is 0 Å². The zero-order chi connectivity index (χ0) is 8.81. The van der Waals surface area contributed by atoms with Gasteiger partial charge in [-0.3, -0.25) is 0 Å². The van der Waals surface area contributed by atoms with Crippen molar-refractivity contribution in [3.05, 3.63) is 20.7 Å². The predicted octanol–water partition coefficient (Wildman–Crippen LogP) is 3.18. The molecule has 0 saturated heterocycles. The molecule has 0 aliphatic heterocycles. The van der Waals surface area contributed by atoms with Gasteiger partial charge in [0.15, 0.2) is 0 Å². The van der Waals surface area contributed by atoms with Crippen molar-refractivity contribution in [3.63, 3.8) is 0 Å². The fourth-order valence-electron chi connectivity index (χ4n) is 1.56. The van der Waals surface area contributed by atoms with Crippen LogP contribution in [0.4, 0.5) is 0 Å². The van der Waals surface area contributed by atoms with Crippen molar-refractivity contribution in [2.24, 2.45) is 5.41 Å². The van der Waals surface area contributed by atoms with Crippen LogP contribution in [0.3, 0.4) is 0 Å². The SMILES string of the molecule is CC1=C(C)C(C)(C)[C]([W])=C1C. The summed E-state index contributed by atoms with van der Waals surface area (Å²) in [5, 5.41) is 0. The Labute approximate surface area is 80.7 Å². The van der Waals surface area contributed by atoms with E-state index in [2.05, 4.69) is 34.6 Å². The molecule has 0 atom stereocenters. The summed E-state index contributed by atoms with van der Waals surface area (Å²) >= 11 is 1.62. The molecule has 0 unspecified atom stereocenters. The van der Waals surface area contributed by atoms with Crippen LogP contribution in [0.5, 0.6) is 0 Å². The fraction of sp³-hybridized carbons (Fsp3) is 0.600. The van der Waals surface area contributed by atoms with Gasteiger partial charge in [0.25, 0.3) is 0 Å². The van der Waals surface area contributed by atoms with E-state index in [1.165, 1.54) is 11.1 Å². The molecule has 0 nitrogen and oxygen atoms in total. The summed E-state index contributed by atoms with van der Waals surface area (Å²) in [7, 11) is 0. The van der Waals surface area contributed by atoms with E-state index in [9.17, 15) is 0 Å². The number of hydrogen-bond acceptors (Lipinski definition) is 0. The van der Waals surface area contributed by atoms with Gasteiger partial charge in [0.05, 0.1) is 0 Å². The molecule has 0 heterocycles. The summed E-state index contributed by atoms with van der Waals surface area (Å²) in [5.74, 6) is 0. The molecule has 0 aromatic rings. The van der Waals surface area contributed by atoms with Gasteiger partial charge in [-0.25, -0.2) is 0 Å². The monoisotopic (exact) mass is 319 g/mol. The minimum atomic E-state index is 0.351. The number of hydrogen-bond donors (Lipinski definition) is 0. The molecule has 0 amide bonds. The zero-order valence-corrected chi connectivity index (χ0v) is 10.8. The average Bonchev–Trinajstić information content (AvgIpc) is 2.06. The van der Waals surface area contributed by atoms with E-state index in [1.807, 2.05) is 0 Å². The molecule has 0 fully saturated rings. The van der Waals surface area contributed by atoms with E-state index in [0.717, 1.165) is 0 Å². The van der Waals surface area contributed by atoms with Crippen LogP contribution < -0.4 is 0 Å². The van der Waals surface area contributed by atoms with E-state index in [4.69, 9.17) is 0 Å².